The number of carboxylic acids is 1. The van der Waals surface area contributed by atoms with Crippen molar-refractivity contribution in [3.63, 3.8) is 0 Å². The second kappa shape index (κ2) is 5.83. The summed E-state index contributed by atoms with van der Waals surface area (Å²) in [7, 11) is 0. The Balaban J connectivity index is 2.60. The van der Waals surface area contributed by atoms with Crippen LogP contribution in [-0.4, -0.2) is 32.9 Å². The Kier molecular flexibility index (Phi) is 4.69. The van der Waals surface area contributed by atoms with Crippen LogP contribution in [0.2, 0.25) is 0 Å². The van der Waals surface area contributed by atoms with Gasteiger partial charge in [-0.3, -0.25) is 9.48 Å². The summed E-state index contributed by atoms with van der Waals surface area (Å²) in [6.45, 7) is 4.82. The summed E-state index contributed by atoms with van der Waals surface area (Å²) in [5.41, 5.74) is 12.8. The zero-order chi connectivity index (χ0) is 13.8. The molecule has 7 nitrogen and oxygen atoms in total. The van der Waals surface area contributed by atoms with Crippen LogP contribution in [0.5, 0.6) is 0 Å². The first-order chi connectivity index (χ1) is 8.29. The van der Waals surface area contributed by atoms with E-state index in [9.17, 15) is 4.79 Å². The molecule has 0 aliphatic heterocycles. The van der Waals surface area contributed by atoms with Crippen molar-refractivity contribution in [2.75, 3.05) is 12.3 Å². The smallest absolute Gasteiger partial charge is 0.317 e. The number of aliphatic carboxylic acids is 1. The van der Waals surface area contributed by atoms with Crippen molar-refractivity contribution < 1.29 is 9.90 Å². The minimum absolute atomic E-state index is 0.104. The molecule has 0 amide bonds. The van der Waals surface area contributed by atoms with Crippen LogP contribution < -0.4 is 16.8 Å². The molecule has 1 aromatic rings. The van der Waals surface area contributed by atoms with Crippen molar-refractivity contribution >= 4 is 11.7 Å². The van der Waals surface area contributed by atoms with Crippen molar-refractivity contribution in [3.8, 4) is 0 Å². The molecule has 0 saturated heterocycles. The number of anilines is 1. The zero-order valence-electron chi connectivity index (χ0n) is 10.8. The third-order valence-corrected chi connectivity index (χ3v) is 2.52. The first-order valence-electron chi connectivity index (χ1n) is 5.81. The highest BCUT2D eigenvalue weighted by Gasteiger charge is 2.14. The van der Waals surface area contributed by atoms with E-state index in [2.05, 4.69) is 10.4 Å². The van der Waals surface area contributed by atoms with Crippen LogP contribution in [0.25, 0.3) is 0 Å². The van der Waals surface area contributed by atoms with Crippen LogP contribution in [0.3, 0.4) is 0 Å². The molecule has 18 heavy (non-hydrogen) atoms. The first kappa shape index (κ1) is 14.5. The number of nitrogens with zero attached hydrogens (tertiary/aromatic N) is 2. The number of rotatable bonds is 7. The van der Waals surface area contributed by atoms with Gasteiger partial charge in [-0.1, -0.05) is 0 Å². The average Bonchev–Trinajstić information content (AvgIpc) is 2.56. The van der Waals surface area contributed by atoms with Gasteiger partial charge >= 0.3 is 5.97 Å². The van der Waals surface area contributed by atoms with Gasteiger partial charge in [0.1, 0.15) is 0 Å². The highest BCUT2D eigenvalue weighted by molar-refractivity contribution is 5.69. The number of hydrogen-bond donors (Lipinski definition) is 4. The Morgan fingerprint density at radius 2 is 2.28 bits per heavy atom. The topological polar surface area (TPSA) is 119 Å². The van der Waals surface area contributed by atoms with E-state index >= 15 is 0 Å². The summed E-state index contributed by atoms with van der Waals surface area (Å²) in [4.78, 5) is 10.4. The Bertz CT molecular complexity index is 408. The average molecular weight is 255 g/mol. The lowest BCUT2D eigenvalue weighted by atomic mass is 10.0. The van der Waals surface area contributed by atoms with E-state index in [1.807, 2.05) is 13.8 Å². The van der Waals surface area contributed by atoms with Gasteiger partial charge in [0.25, 0.3) is 0 Å². The van der Waals surface area contributed by atoms with Gasteiger partial charge in [-0.2, -0.15) is 5.10 Å². The van der Waals surface area contributed by atoms with Crippen molar-refractivity contribution in [2.24, 2.45) is 5.73 Å². The lowest BCUT2D eigenvalue weighted by Crippen LogP contribution is -2.33. The zero-order valence-corrected chi connectivity index (χ0v) is 10.8. The number of hydrogen-bond acceptors (Lipinski definition) is 5. The maximum Gasteiger partial charge on any atom is 0.317 e. The highest BCUT2D eigenvalue weighted by Crippen LogP contribution is 2.13. The van der Waals surface area contributed by atoms with Crippen LogP contribution in [-0.2, 0) is 17.9 Å². The third kappa shape index (κ3) is 4.72. The Morgan fingerprint density at radius 1 is 1.61 bits per heavy atom. The summed E-state index contributed by atoms with van der Waals surface area (Å²) in [6.07, 6.45) is 2.33. The minimum Gasteiger partial charge on any atom is -0.480 e. The summed E-state index contributed by atoms with van der Waals surface area (Å²) >= 11 is 0. The largest absolute Gasteiger partial charge is 0.480 e. The van der Waals surface area contributed by atoms with Gasteiger partial charge in [0.15, 0.2) is 0 Å². The second-order valence-electron chi connectivity index (χ2n) is 5.01. The quantitative estimate of drug-likeness (QED) is 0.534. The van der Waals surface area contributed by atoms with Crippen LogP contribution in [0, 0.1) is 0 Å². The lowest BCUT2D eigenvalue weighted by molar-refractivity contribution is -0.136. The van der Waals surface area contributed by atoms with E-state index in [0.717, 1.165) is 12.1 Å². The number of aryl methyl sites for hydroxylation is 1. The molecule has 0 aliphatic carbocycles. The second-order valence-corrected chi connectivity index (χ2v) is 5.01. The van der Waals surface area contributed by atoms with Crippen molar-refractivity contribution in [1.29, 1.82) is 0 Å². The fraction of sp³-hybridized carbons (Fsp3) is 0.636. The number of nitrogen functional groups attached to an aromatic ring is 1. The van der Waals surface area contributed by atoms with Crippen molar-refractivity contribution in [2.45, 2.75) is 38.9 Å². The monoisotopic (exact) mass is 255 g/mol. The highest BCUT2D eigenvalue weighted by atomic mass is 16.4. The molecule has 0 spiro atoms. The Hall–Kier alpha value is -1.60. The molecule has 0 radical (unpaired) electrons. The van der Waals surface area contributed by atoms with E-state index in [1.54, 1.807) is 10.9 Å². The fourth-order valence-electron chi connectivity index (χ4n) is 1.49. The minimum atomic E-state index is -0.900. The molecular formula is C11H21N5O2. The van der Waals surface area contributed by atoms with Gasteiger partial charge in [-0.15, -0.1) is 0 Å². The normalized spacial score (nSPS) is 11.7. The molecule has 0 saturated carbocycles. The molecule has 0 bridgehead atoms. The fourth-order valence-corrected chi connectivity index (χ4v) is 1.49. The molecule has 1 rings (SSSR count). The summed E-state index contributed by atoms with van der Waals surface area (Å²) in [6, 6.07) is 0. The lowest BCUT2D eigenvalue weighted by Gasteiger charge is -2.19. The molecule has 1 heterocycles. The van der Waals surface area contributed by atoms with E-state index < -0.39 is 5.97 Å². The third-order valence-electron chi connectivity index (χ3n) is 2.52. The van der Waals surface area contributed by atoms with Gasteiger partial charge in [0.2, 0.25) is 0 Å². The molecule has 0 unspecified atom stereocenters. The number of carbonyl (C=O) groups is 1. The number of aromatic nitrogens is 2. The standard InChI is InChI=1S/C11H21N5O2/c1-11(2,13)3-4-16-9(8(12)5-15-16)6-14-7-10(17)18/h5,14H,3-4,6-7,12-13H2,1-2H3,(H,17,18). The van der Waals surface area contributed by atoms with E-state index in [0.29, 0.717) is 18.8 Å². The first-order valence-corrected chi connectivity index (χ1v) is 5.81. The number of carboxylic acid groups (broad SMARTS) is 1. The molecule has 6 N–H and O–H groups in total. The van der Waals surface area contributed by atoms with E-state index in [1.165, 1.54) is 0 Å². The van der Waals surface area contributed by atoms with Crippen LogP contribution in [0.4, 0.5) is 5.69 Å². The van der Waals surface area contributed by atoms with Crippen LogP contribution >= 0.6 is 0 Å². The molecule has 102 valence electrons. The van der Waals surface area contributed by atoms with E-state index in [-0.39, 0.29) is 12.1 Å². The molecule has 0 aliphatic rings. The summed E-state index contributed by atoms with van der Waals surface area (Å²) in [5.74, 6) is -0.900. The summed E-state index contributed by atoms with van der Waals surface area (Å²) < 4.78 is 1.76. The summed E-state index contributed by atoms with van der Waals surface area (Å²) in [5, 5.41) is 15.5. The van der Waals surface area contributed by atoms with E-state index in [4.69, 9.17) is 16.6 Å². The van der Waals surface area contributed by atoms with Gasteiger partial charge < -0.3 is 21.9 Å². The maximum absolute atomic E-state index is 10.4. The Morgan fingerprint density at radius 3 is 2.83 bits per heavy atom. The molecular weight excluding hydrogens is 234 g/mol. The predicted octanol–water partition coefficient (Wildman–Crippen LogP) is -0.233. The Labute approximate surface area is 106 Å². The molecule has 7 heteroatoms. The van der Waals surface area contributed by atoms with Crippen molar-refractivity contribution in [3.05, 3.63) is 11.9 Å². The molecule has 1 aromatic heterocycles. The predicted molar refractivity (Wildman–Crippen MR) is 68.9 cm³/mol. The van der Waals surface area contributed by atoms with Crippen LogP contribution in [0.15, 0.2) is 6.20 Å². The molecule has 0 atom stereocenters. The van der Waals surface area contributed by atoms with Gasteiger partial charge in [0, 0.05) is 18.6 Å². The number of nitrogens with two attached hydrogens (primary N) is 2. The molecule has 0 aromatic carbocycles. The van der Waals surface area contributed by atoms with Crippen molar-refractivity contribution in [1.82, 2.24) is 15.1 Å². The van der Waals surface area contributed by atoms with Gasteiger partial charge in [-0.05, 0) is 20.3 Å². The number of nitrogens with one attached hydrogen (secondary N) is 1. The maximum atomic E-state index is 10.4. The van der Waals surface area contributed by atoms with Gasteiger partial charge in [0.05, 0.1) is 24.1 Å². The van der Waals surface area contributed by atoms with Gasteiger partial charge in [-0.25, -0.2) is 0 Å². The molecule has 0 fully saturated rings. The van der Waals surface area contributed by atoms with Crippen LogP contribution in [0.1, 0.15) is 26.0 Å². The SMILES string of the molecule is CC(C)(N)CCn1ncc(N)c1CNCC(=O)O.